The van der Waals surface area contributed by atoms with E-state index in [1.807, 2.05) is 0 Å². The van der Waals surface area contributed by atoms with Gasteiger partial charge in [0.15, 0.2) is 0 Å². The molecule has 0 radical (unpaired) electrons. The predicted molar refractivity (Wildman–Crippen MR) is 128 cm³/mol. The van der Waals surface area contributed by atoms with Crippen molar-refractivity contribution in [1.82, 2.24) is 0 Å². The number of Topliss-reactive ketones (excluding diaryl/α,β-unsaturated/α-hetero) is 1. The van der Waals surface area contributed by atoms with Crippen LogP contribution in [0.4, 0.5) is 0 Å². The Bertz CT molecular complexity index is 803. The second-order valence-electron chi connectivity index (χ2n) is 7.48. The monoisotopic (exact) mass is 520 g/mol. The fourth-order valence-corrected chi connectivity index (χ4v) is 6.79. The quantitative estimate of drug-likeness (QED) is 0.218. The van der Waals surface area contributed by atoms with Crippen molar-refractivity contribution in [3.05, 3.63) is 76.4 Å². The number of rotatable bonds is 12. The first-order valence-corrected chi connectivity index (χ1v) is 14.3. The molecule has 0 spiro atoms. The number of carbonyl (C=O) groups excluding carboxylic acids is 1. The molecular weight excluding hydrogens is 486 g/mol. The molecule has 3 heteroatoms. The Morgan fingerprint density at radius 2 is 1.55 bits per heavy atom. The van der Waals surface area contributed by atoms with E-state index in [1.54, 1.807) is 0 Å². The first kappa shape index (κ1) is 23.9. The number of benzene rings is 2. The van der Waals surface area contributed by atoms with Crippen molar-refractivity contribution in [2.24, 2.45) is 5.92 Å². The summed E-state index contributed by atoms with van der Waals surface area (Å²) in [5.74, 6) is 0.680. The van der Waals surface area contributed by atoms with E-state index >= 15 is 0 Å². The van der Waals surface area contributed by atoms with E-state index in [4.69, 9.17) is 0 Å². The summed E-state index contributed by atoms with van der Waals surface area (Å²) in [6.45, 7) is 6.47. The van der Waals surface area contributed by atoms with Crippen molar-refractivity contribution >= 4 is 44.6 Å². The Kier molecular flexibility index (Phi) is 11.4. The first-order valence-electron chi connectivity index (χ1n) is 10.5. The fraction of sp³-hybridized carbons (Fsp3) is 0.385. The molecule has 0 atom stereocenters. The summed E-state index contributed by atoms with van der Waals surface area (Å²) in [7, 11) is 0. The van der Waals surface area contributed by atoms with E-state index in [2.05, 4.69) is 87.2 Å². The molecule has 0 heterocycles. The first-order chi connectivity index (χ1) is 14.1. The van der Waals surface area contributed by atoms with E-state index in [-0.39, 0.29) is 15.0 Å². The molecule has 0 unspecified atom stereocenters. The molecule has 29 heavy (non-hydrogen) atoms. The third-order valence-electron chi connectivity index (χ3n) is 4.33. The number of hydrogen-bond acceptors (Lipinski definition) is 1. The SMILES string of the molecule is CCCCC(=C=C(CC[Se]c1ccccc1)C(=O)CC(C)C)[Se]c1ccccc1. The van der Waals surface area contributed by atoms with Gasteiger partial charge in [-0.2, -0.15) is 0 Å². The topological polar surface area (TPSA) is 17.1 Å². The van der Waals surface area contributed by atoms with Crippen LogP contribution in [0.5, 0.6) is 0 Å². The Hall–Kier alpha value is -1.33. The summed E-state index contributed by atoms with van der Waals surface area (Å²) in [5, 5.41) is 1.06. The molecule has 1 nitrogen and oxygen atoms in total. The number of carbonyl (C=O) groups is 1. The van der Waals surface area contributed by atoms with Crippen LogP contribution in [-0.4, -0.2) is 35.7 Å². The second kappa shape index (κ2) is 13.8. The van der Waals surface area contributed by atoms with E-state index in [0.29, 0.717) is 33.1 Å². The molecule has 0 aliphatic rings. The molecule has 2 aromatic carbocycles. The van der Waals surface area contributed by atoms with Crippen molar-refractivity contribution < 1.29 is 4.79 Å². The van der Waals surface area contributed by atoms with Crippen LogP contribution < -0.4 is 8.92 Å². The molecular formula is C26H32OSe2. The molecule has 0 saturated heterocycles. The van der Waals surface area contributed by atoms with E-state index in [0.717, 1.165) is 30.2 Å². The van der Waals surface area contributed by atoms with Gasteiger partial charge in [-0.05, 0) is 0 Å². The van der Waals surface area contributed by atoms with Crippen LogP contribution in [0.2, 0.25) is 5.32 Å². The van der Waals surface area contributed by atoms with Crippen molar-refractivity contribution in [1.29, 1.82) is 0 Å². The number of unbranched alkanes of at least 4 members (excludes halogenated alkanes) is 1. The van der Waals surface area contributed by atoms with Gasteiger partial charge in [-0.15, -0.1) is 0 Å². The van der Waals surface area contributed by atoms with Gasteiger partial charge in [0.1, 0.15) is 0 Å². The molecule has 154 valence electrons. The van der Waals surface area contributed by atoms with Gasteiger partial charge in [0.2, 0.25) is 0 Å². The normalized spacial score (nSPS) is 10.6. The zero-order valence-electron chi connectivity index (χ0n) is 17.8. The van der Waals surface area contributed by atoms with Crippen molar-refractivity contribution in [3.63, 3.8) is 0 Å². The summed E-state index contributed by atoms with van der Waals surface area (Å²) in [4.78, 5) is 13.0. The standard InChI is InChI=1S/C26H32OSe2/c1-4-5-12-25(29-24-15-10-7-11-16-24)20-22(26(27)19-21(2)3)17-18-28-23-13-8-6-9-14-23/h6-11,13-16,21H,4-5,12,17-19H2,1-3H3. The number of hydrogen-bond donors (Lipinski definition) is 0. The molecule has 0 bridgehead atoms. The van der Waals surface area contributed by atoms with Gasteiger partial charge in [-0.3, -0.25) is 0 Å². The Morgan fingerprint density at radius 1 is 0.931 bits per heavy atom. The zero-order chi connectivity index (χ0) is 20.9. The summed E-state index contributed by atoms with van der Waals surface area (Å²) >= 11 is 0.644. The number of ketones is 1. The summed E-state index contributed by atoms with van der Waals surface area (Å²) < 4.78 is 4.10. The zero-order valence-corrected chi connectivity index (χ0v) is 21.2. The van der Waals surface area contributed by atoms with E-state index in [9.17, 15) is 4.79 Å². The van der Waals surface area contributed by atoms with Gasteiger partial charge in [-0.25, -0.2) is 0 Å². The average Bonchev–Trinajstić information content (AvgIpc) is 2.72. The maximum atomic E-state index is 13.0. The Balaban J connectivity index is 2.23. The minimum atomic E-state index is 0.240. The van der Waals surface area contributed by atoms with E-state index in [1.165, 1.54) is 19.8 Å². The predicted octanol–water partition coefficient (Wildman–Crippen LogP) is 5.07. The molecule has 0 aliphatic heterocycles. The van der Waals surface area contributed by atoms with E-state index < -0.39 is 0 Å². The van der Waals surface area contributed by atoms with Gasteiger partial charge in [0.25, 0.3) is 0 Å². The minimum absolute atomic E-state index is 0.240. The van der Waals surface area contributed by atoms with Gasteiger partial charge >= 0.3 is 190 Å². The Morgan fingerprint density at radius 3 is 2.14 bits per heavy atom. The van der Waals surface area contributed by atoms with Gasteiger partial charge in [0, 0.05) is 0 Å². The van der Waals surface area contributed by atoms with Crippen LogP contribution in [0.1, 0.15) is 52.9 Å². The Labute approximate surface area is 189 Å². The van der Waals surface area contributed by atoms with Crippen LogP contribution in [0, 0.1) is 5.92 Å². The third-order valence-corrected chi connectivity index (χ3v) is 8.68. The van der Waals surface area contributed by atoms with Crippen LogP contribution in [0.15, 0.2) is 76.4 Å². The van der Waals surface area contributed by atoms with Crippen LogP contribution in [0.25, 0.3) is 0 Å². The molecule has 0 amide bonds. The average molecular weight is 518 g/mol. The fourth-order valence-electron chi connectivity index (χ4n) is 2.83. The van der Waals surface area contributed by atoms with Gasteiger partial charge < -0.3 is 0 Å². The van der Waals surface area contributed by atoms with Crippen LogP contribution in [0.3, 0.4) is 0 Å². The maximum absolute atomic E-state index is 13.0. The molecule has 0 fully saturated rings. The second-order valence-corrected chi connectivity index (χ2v) is 12.4. The number of allylic oxidation sites excluding steroid dienone is 1. The molecule has 0 N–H and O–H groups in total. The third kappa shape index (κ3) is 9.81. The van der Waals surface area contributed by atoms with Crippen molar-refractivity contribution in [3.8, 4) is 0 Å². The van der Waals surface area contributed by atoms with Crippen LogP contribution in [-0.2, 0) is 4.79 Å². The molecule has 0 saturated carbocycles. The van der Waals surface area contributed by atoms with Gasteiger partial charge in [0.05, 0.1) is 0 Å². The van der Waals surface area contributed by atoms with Crippen molar-refractivity contribution in [2.75, 3.05) is 0 Å². The summed E-state index contributed by atoms with van der Waals surface area (Å²) in [5.41, 5.74) is 4.58. The summed E-state index contributed by atoms with van der Waals surface area (Å²) in [6.07, 6.45) is 4.85. The van der Waals surface area contributed by atoms with Crippen LogP contribution >= 0.6 is 0 Å². The van der Waals surface area contributed by atoms with Gasteiger partial charge in [-0.1, -0.05) is 0 Å². The van der Waals surface area contributed by atoms with Crippen molar-refractivity contribution in [2.45, 2.75) is 58.2 Å². The summed E-state index contributed by atoms with van der Waals surface area (Å²) in [6, 6.07) is 21.3. The molecule has 2 rings (SSSR count). The molecule has 0 aliphatic carbocycles. The molecule has 2 aromatic rings. The molecule has 0 aromatic heterocycles.